The van der Waals surface area contributed by atoms with Gasteiger partial charge in [-0.25, -0.2) is 9.97 Å². The monoisotopic (exact) mass is 286 g/mol. The van der Waals surface area contributed by atoms with E-state index in [1.54, 1.807) is 20.8 Å². The first-order valence-electron chi connectivity index (χ1n) is 6.73. The van der Waals surface area contributed by atoms with Crippen molar-refractivity contribution in [1.82, 2.24) is 9.97 Å². The van der Waals surface area contributed by atoms with Crippen LogP contribution in [0.5, 0.6) is 5.75 Å². The van der Waals surface area contributed by atoms with Crippen LogP contribution < -0.4 is 4.74 Å². The van der Waals surface area contributed by atoms with Crippen molar-refractivity contribution in [3.8, 4) is 5.75 Å². The van der Waals surface area contributed by atoms with Gasteiger partial charge in [0.05, 0.1) is 5.92 Å². The predicted molar refractivity (Wildman–Crippen MR) is 78.3 cm³/mol. The molecule has 110 valence electrons. The van der Waals surface area contributed by atoms with Crippen LogP contribution >= 0.6 is 0 Å². The van der Waals surface area contributed by atoms with Crippen molar-refractivity contribution in [2.75, 3.05) is 0 Å². The third-order valence-corrected chi connectivity index (χ3v) is 3.29. The van der Waals surface area contributed by atoms with E-state index in [4.69, 9.17) is 9.84 Å². The molecule has 0 amide bonds. The summed E-state index contributed by atoms with van der Waals surface area (Å²) in [4.78, 5) is 19.8. The minimum atomic E-state index is -0.877. The van der Waals surface area contributed by atoms with Crippen molar-refractivity contribution in [3.05, 3.63) is 53.1 Å². The maximum absolute atomic E-state index is 11.1. The number of rotatable bonds is 5. The number of hydrogen-bond acceptors (Lipinski definition) is 4. The molecule has 1 unspecified atom stereocenters. The SMILES string of the molecule is Cc1nc(COc2ccccc2)nc(C)c1C(C)C(=O)O. The highest BCUT2D eigenvalue weighted by atomic mass is 16.5. The zero-order chi connectivity index (χ0) is 15.4. The second-order valence-electron chi connectivity index (χ2n) is 4.89. The summed E-state index contributed by atoms with van der Waals surface area (Å²) in [5.74, 6) is -0.193. The molecule has 0 aliphatic rings. The summed E-state index contributed by atoms with van der Waals surface area (Å²) in [6, 6.07) is 9.43. The van der Waals surface area contributed by atoms with Crippen LogP contribution in [0.2, 0.25) is 0 Å². The number of aryl methyl sites for hydroxylation is 2. The highest BCUT2D eigenvalue weighted by molar-refractivity contribution is 5.76. The first-order valence-corrected chi connectivity index (χ1v) is 6.73. The molecule has 0 saturated carbocycles. The number of carbonyl (C=O) groups is 1. The zero-order valence-electron chi connectivity index (χ0n) is 12.3. The van der Waals surface area contributed by atoms with Gasteiger partial charge in [0, 0.05) is 17.0 Å². The smallest absolute Gasteiger partial charge is 0.310 e. The number of carboxylic acids is 1. The van der Waals surface area contributed by atoms with Crippen molar-refractivity contribution in [1.29, 1.82) is 0 Å². The average molecular weight is 286 g/mol. The Bertz CT molecular complexity index is 618. The van der Waals surface area contributed by atoms with E-state index >= 15 is 0 Å². The van der Waals surface area contributed by atoms with Gasteiger partial charge < -0.3 is 9.84 Å². The molecule has 0 aliphatic carbocycles. The quantitative estimate of drug-likeness (QED) is 0.915. The second kappa shape index (κ2) is 6.35. The van der Waals surface area contributed by atoms with Crippen molar-refractivity contribution < 1.29 is 14.6 Å². The lowest BCUT2D eigenvalue weighted by molar-refractivity contribution is -0.138. The zero-order valence-corrected chi connectivity index (χ0v) is 12.3. The molecule has 0 aliphatic heterocycles. The van der Waals surface area contributed by atoms with Crippen LogP contribution in [-0.2, 0) is 11.4 Å². The average Bonchev–Trinajstić information content (AvgIpc) is 2.45. The number of ether oxygens (including phenoxy) is 1. The number of aromatic nitrogens is 2. The van der Waals surface area contributed by atoms with E-state index in [0.29, 0.717) is 22.8 Å². The predicted octanol–water partition coefficient (Wildman–Crippen LogP) is 2.86. The Labute approximate surface area is 123 Å². The molecule has 21 heavy (non-hydrogen) atoms. The van der Waals surface area contributed by atoms with Gasteiger partial charge in [0.25, 0.3) is 0 Å². The second-order valence-corrected chi connectivity index (χ2v) is 4.89. The van der Waals surface area contributed by atoms with Gasteiger partial charge in [0.2, 0.25) is 0 Å². The lowest BCUT2D eigenvalue weighted by Gasteiger charge is -2.14. The first kappa shape index (κ1) is 15.0. The summed E-state index contributed by atoms with van der Waals surface area (Å²) >= 11 is 0. The van der Waals surface area contributed by atoms with E-state index < -0.39 is 11.9 Å². The number of benzene rings is 1. The summed E-state index contributed by atoms with van der Waals surface area (Å²) in [7, 11) is 0. The van der Waals surface area contributed by atoms with Crippen LogP contribution in [0.4, 0.5) is 0 Å². The van der Waals surface area contributed by atoms with E-state index in [-0.39, 0.29) is 6.61 Å². The van der Waals surface area contributed by atoms with Crippen LogP contribution in [-0.4, -0.2) is 21.0 Å². The Morgan fingerprint density at radius 2 is 1.76 bits per heavy atom. The van der Waals surface area contributed by atoms with Gasteiger partial charge in [-0.1, -0.05) is 18.2 Å². The largest absolute Gasteiger partial charge is 0.486 e. The minimum absolute atomic E-state index is 0.257. The molecular weight excluding hydrogens is 268 g/mol. The van der Waals surface area contributed by atoms with Crippen molar-refractivity contribution in [3.63, 3.8) is 0 Å². The molecule has 2 aromatic rings. The van der Waals surface area contributed by atoms with E-state index in [1.165, 1.54) is 0 Å². The fourth-order valence-electron chi connectivity index (χ4n) is 2.27. The normalized spacial score (nSPS) is 12.0. The van der Waals surface area contributed by atoms with Crippen LogP contribution in [0.1, 0.15) is 35.6 Å². The lowest BCUT2D eigenvalue weighted by Crippen LogP contribution is -2.15. The molecule has 1 aromatic carbocycles. The molecule has 0 saturated heterocycles. The summed E-state index contributed by atoms with van der Waals surface area (Å²) in [6.45, 7) is 5.50. The van der Waals surface area contributed by atoms with Gasteiger partial charge in [0.1, 0.15) is 12.4 Å². The number of hydrogen-bond donors (Lipinski definition) is 1. The van der Waals surface area contributed by atoms with E-state index in [0.717, 1.165) is 5.75 Å². The molecule has 2 rings (SSSR count). The molecule has 0 fully saturated rings. The highest BCUT2D eigenvalue weighted by Crippen LogP contribution is 2.22. The maximum Gasteiger partial charge on any atom is 0.310 e. The van der Waals surface area contributed by atoms with Gasteiger partial charge >= 0.3 is 5.97 Å². The standard InChI is InChI=1S/C16H18N2O3/c1-10(16(19)20)15-11(2)17-14(18-12(15)3)9-21-13-7-5-4-6-8-13/h4-8,10H,9H2,1-3H3,(H,19,20). The van der Waals surface area contributed by atoms with Gasteiger partial charge in [-0.05, 0) is 32.9 Å². The number of carboxylic acid groups (broad SMARTS) is 1. The highest BCUT2D eigenvalue weighted by Gasteiger charge is 2.20. The van der Waals surface area contributed by atoms with Gasteiger partial charge in [-0.15, -0.1) is 0 Å². The van der Waals surface area contributed by atoms with Crippen LogP contribution in [0, 0.1) is 13.8 Å². The van der Waals surface area contributed by atoms with Gasteiger partial charge in [-0.2, -0.15) is 0 Å². The van der Waals surface area contributed by atoms with Gasteiger partial charge in [-0.3, -0.25) is 4.79 Å². The molecule has 1 heterocycles. The summed E-state index contributed by atoms with van der Waals surface area (Å²) in [6.07, 6.45) is 0. The molecule has 0 spiro atoms. The van der Waals surface area contributed by atoms with Crippen LogP contribution in [0.25, 0.3) is 0 Å². The third kappa shape index (κ3) is 3.56. The Kier molecular flexibility index (Phi) is 4.52. The third-order valence-electron chi connectivity index (χ3n) is 3.29. The fraction of sp³-hybridized carbons (Fsp3) is 0.312. The molecule has 0 bridgehead atoms. The van der Waals surface area contributed by atoms with Crippen LogP contribution in [0.15, 0.2) is 30.3 Å². The van der Waals surface area contributed by atoms with Gasteiger partial charge in [0.15, 0.2) is 5.82 Å². The first-order chi connectivity index (χ1) is 9.99. The van der Waals surface area contributed by atoms with E-state index in [1.807, 2.05) is 30.3 Å². The van der Waals surface area contributed by atoms with Crippen LogP contribution in [0.3, 0.4) is 0 Å². The molecule has 5 nitrogen and oxygen atoms in total. The fourth-order valence-corrected chi connectivity index (χ4v) is 2.27. The molecule has 1 N–H and O–H groups in total. The van der Waals surface area contributed by atoms with Crippen molar-refractivity contribution >= 4 is 5.97 Å². The Balaban J connectivity index is 2.18. The molecular formula is C16H18N2O3. The number of para-hydroxylation sites is 1. The Hall–Kier alpha value is -2.43. The lowest BCUT2D eigenvalue weighted by atomic mass is 9.98. The number of nitrogens with zero attached hydrogens (tertiary/aromatic N) is 2. The molecule has 1 aromatic heterocycles. The van der Waals surface area contributed by atoms with Crippen molar-refractivity contribution in [2.24, 2.45) is 0 Å². The van der Waals surface area contributed by atoms with Crippen molar-refractivity contribution in [2.45, 2.75) is 33.3 Å². The molecule has 1 atom stereocenters. The summed E-state index contributed by atoms with van der Waals surface area (Å²) < 4.78 is 5.61. The summed E-state index contributed by atoms with van der Waals surface area (Å²) in [5, 5.41) is 9.13. The Morgan fingerprint density at radius 1 is 1.19 bits per heavy atom. The molecule has 5 heteroatoms. The number of aliphatic carboxylic acids is 1. The Morgan fingerprint density at radius 3 is 2.29 bits per heavy atom. The molecule has 0 radical (unpaired) electrons. The topological polar surface area (TPSA) is 72.3 Å². The summed E-state index contributed by atoms with van der Waals surface area (Å²) in [5.41, 5.74) is 2.04. The van der Waals surface area contributed by atoms with E-state index in [2.05, 4.69) is 9.97 Å². The van der Waals surface area contributed by atoms with E-state index in [9.17, 15) is 4.79 Å². The maximum atomic E-state index is 11.1. The minimum Gasteiger partial charge on any atom is -0.486 e.